The zero-order chi connectivity index (χ0) is 14.8. The van der Waals surface area contributed by atoms with Crippen LogP contribution in [-0.2, 0) is 0 Å². The summed E-state index contributed by atoms with van der Waals surface area (Å²) in [5.41, 5.74) is 1.20. The zero-order valence-electron chi connectivity index (χ0n) is 11.6. The van der Waals surface area contributed by atoms with Crippen molar-refractivity contribution >= 4 is 42.6 Å². The van der Waals surface area contributed by atoms with Crippen molar-refractivity contribution in [1.29, 1.82) is 0 Å². The molecule has 21 heavy (non-hydrogen) atoms. The van der Waals surface area contributed by atoms with Gasteiger partial charge >= 0.3 is 0 Å². The molecule has 4 heteroatoms. The second-order valence-electron chi connectivity index (χ2n) is 4.87. The SMILES string of the molecule is CCNC(c1ccc2cc(Br)ccc2c1)c1occc1Br. The van der Waals surface area contributed by atoms with Crippen molar-refractivity contribution in [3.05, 3.63) is 69.0 Å². The van der Waals surface area contributed by atoms with Crippen LogP contribution in [0.4, 0.5) is 0 Å². The van der Waals surface area contributed by atoms with Crippen molar-refractivity contribution < 1.29 is 4.42 Å². The molecule has 1 heterocycles. The van der Waals surface area contributed by atoms with E-state index in [4.69, 9.17) is 4.42 Å². The Balaban J connectivity index is 2.07. The molecule has 0 saturated carbocycles. The van der Waals surface area contributed by atoms with Crippen LogP contribution in [0.5, 0.6) is 0 Å². The van der Waals surface area contributed by atoms with Crippen LogP contribution >= 0.6 is 31.9 Å². The lowest BCUT2D eigenvalue weighted by Crippen LogP contribution is -2.21. The Hall–Kier alpha value is -1.10. The van der Waals surface area contributed by atoms with Crippen LogP contribution in [0.2, 0.25) is 0 Å². The maximum Gasteiger partial charge on any atom is 0.139 e. The molecule has 0 amide bonds. The van der Waals surface area contributed by atoms with E-state index in [9.17, 15) is 0 Å². The first kappa shape index (κ1) is 14.8. The summed E-state index contributed by atoms with van der Waals surface area (Å²) in [5.74, 6) is 0.910. The van der Waals surface area contributed by atoms with Gasteiger partial charge in [0, 0.05) is 4.47 Å². The second-order valence-corrected chi connectivity index (χ2v) is 6.64. The van der Waals surface area contributed by atoms with E-state index in [1.165, 1.54) is 16.3 Å². The molecule has 0 aliphatic heterocycles. The van der Waals surface area contributed by atoms with Crippen molar-refractivity contribution in [1.82, 2.24) is 5.32 Å². The zero-order valence-corrected chi connectivity index (χ0v) is 14.7. The van der Waals surface area contributed by atoms with E-state index in [0.29, 0.717) is 0 Å². The monoisotopic (exact) mass is 407 g/mol. The van der Waals surface area contributed by atoms with E-state index < -0.39 is 0 Å². The minimum Gasteiger partial charge on any atom is -0.466 e. The number of benzene rings is 2. The van der Waals surface area contributed by atoms with Crippen molar-refractivity contribution in [2.24, 2.45) is 0 Å². The van der Waals surface area contributed by atoms with Gasteiger partial charge in [0.05, 0.1) is 16.8 Å². The molecule has 108 valence electrons. The highest BCUT2D eigenvalue weighted by Crippen LogP contribution is 2.31. The van der Waals surface area contributed by atoms with Crippen LogP contribution < -0.4 is 5.32 Å². The third-order valence-electron chi connectivity index (χ3n) is 3.47. The lowest BCUT2D eigenvalue weighted by Gasteiger charge is -2.17. The highest BCUT2D eigenvalue weighted by atomic mass is 79.9. The van der Waals surface area contributed by atoms with Gasteiger partial charge in [-0.1, -0.05) is 41.1 Å². The average Bonchev–Trinajstić information content (AvgIpc) is 2.90. The molecule has 0 aliphatic rings. The lowest BCUT2D eigenvalue weighted by molar-refractivity contribution is 0.450. The summed E-state index contributed by atoms with van der Waals surface area (Å²) in [5, 5.41) is 5.93. The molecule has 3 aromatic rings. The minimum atomic E-state index is 0.0485. The normalized spacial score (nSPS) is 12.7. The van der Waals surface area contributed by atoms with Crippen LogP contribution in [0.15, 0.2) is 62.1 Å². The second kappa shape index (κ2) is 6.34. The van der Waals surface area contributed by atoms with E-state index >= 15 is 0 Å². The molecule has 0 aliphatic carbocycles. The van der Waals surface area contributed by atoms with E-state index in [1.807, 2.05) is 6.07 Å². The fourth-order valence-corrected chi connectivity index (χ4v) is 3.30. The quantitative estimate of drug-likeness (QED) is 0.602. The van der Waals surface area contributed by atoms with Gasteiger partial charge in [0.25, 0.3) is 0 Å². The van der Waals surface area contributed by atoms with Gasteiger partial charge in [-0.05, 0) is 63.1 Å². The minimum absolute atomic E-state index is 0.0485. The summed E-state index contributed by atoms with van der Waals surface area (Å²) in [4.78, 5) is 0. The number of furan rings is 1. The summed E-state index contributed by atoms with van der Waals surface area (Å²) < 4.78 is 7.73. The van der Waals surface area contributed by atoms with Gasteiger partial charge < -0.3 is 9.73 Å². The van der Waals surface area contributed by atoms with Gasteiger partial charge in [-0.3, -0.25) is 0 Å². The summed E-state index contributed by atoms with van der Waals surface area (Å²) in [6.45, 7) is 2.97. The summed E-state index contributed by atoms with van der Waals surface area (Å²) >= 11 is 7.07. The first-order chi connectivity index (χ1) is 10.2. The topological polar surface area (TPSA) is 25.2 Å². The summed E-state index contributed by atoms with van der Waals surface area (Å²) in [6, 6.07) is 14.8. The van der Waals surface area contributed by atoms with Gasteiger partial charge in [0.15, 0.2) is 0 Å². The summed E-state index contributed by atoms with van der Waals surface area (Å²) in [6.07, 6.45) is 1.71. The third kappa shape index (κ3) is 3.07. The molecule has 2 nitrogen and oxygen atoms in total. The third-order valence-corrected chi connectivity index (χ3v) is 4.62. The molecule has 2 aromatic carbocycles. The Morgan fingerprint density at radius 3 is 2.52 bits per heavy atom. The fraction of sp³-hybridized carbons (Fsp3) is 0.176. The van der Waals surface area contributed by atoms with Crippen LogP contribution in [0.25, 0.3) is 10.8 Å². The van der Waals surface area contributed by atoms with Crippen LogP contribution in [-0.4, -0.2) is 6.54 Å². The summed E-state index contributed by atoms with van der Waals surface area (Å²) in [7, 11) is 0. The van der Waals surface area contributed by atoms with Crippen molar-refractivity contribution in [3.8, 4) is 0 Å². The highest BCUT2D eigenvalue weighted by Gasteiger charge is 2.19. The van der Waals surface area contributed by atoms with Crippen LogP contribution in [0.3, 0.4) is 0 Å². The van der Waals surface area contributed by atoms with Crippen LogP contribution in [0, 0.1) is 0 Å². The maximum atomic E-state index is 5.65. The maximum absolute atomic E-state index is 5.65. The fourth-order valence-electron chi connectivity index (χ4n) is 2.49. The number of nitrogens with one attached hydrogen (secondary N) is 1. The number of hydrogen-bond donors (Lipinski definition) is 1. The molecule has 1 N–H and O–H groups in total. The smallest absolute Gasteiger partial charge is 0.139 e. The van der Waals surface area contributed by atoms with Gasteiger partial charge in [-0.25, -0.2) is 0 Å². The lowest BCUT2D eigenvalue weighted by atomic mass is 10.0. The first-order valence-corrected chi connectivity index (χ1v) is 8.43. The molecule has 1 aromatic heterocycles. The largest absolute Gasteiger partial charge is 0.466 e. The molecule has 1 atom stereocenters. The van der Waals surface area contributed by atoms with Crippen molar-refractivity contribution in [2.75, 3.05) is 6.54 Å². The number of rotatable bonds is 4. The van der Waals surface area contributed by atoms with Gasteiger partial charge in [0.1, 0.15) is 5.76 Å². The molecule has 0 saturated heterocycles. The Labute approximate surface area is 140 Å². The Bertz CT molecular complexity index is 766. The van der Waals surface area contributed by atoms with E-state index in [0.717, 1.165) is 21.3 Å². The van der Waals surface area contributed by atoms with Crippen LogP contribution in [0.1, 0.15) is 24.3 Å². The van der Waals surface area contributed by atoms with E-state index in [1.54, 1.807) is 6.26 Å². The molecule has 0 fully saturated rings. The van der Waals surface area contributed by atoms with E-state index in [-0.39, 0.29) is 6.04 Å². The van der Waals surface area contributed by atoms with Crippen molar-refractivity contribution in [3.63, 3.8) is 0 Å². The number of halogens is 2. The van der Waals surface area contributed by atoms with Gasteiger partial charge in [0.2, 0.25) is 0 Å². The van der Waals surface area contributed by atoms with Gasteiger partial charge in [-0.2, -0.15) is 0 Å². The average molecular weight is 409 g/mol. The predicted molar refractivity (Wildman–Crippen MR) is 93.6 cm³/mol. The molecular formula is C17H15Br2NO. The van der Waals surface area contributed by atoms with E-state index in [2.05, 4.69) is 80.5 Å². The Morgan fingerprint density at radius 2 is 1.81 bits per heavy atom. The molecule has 3 rings (SSSR count). The molecule has 0 radical (unpaired) electrons. The Kier molecular flexibility index (Phi) is 4.48. The standard InChI is InChI=1S/C17H15Br2NO/c1-2-20-16(17-15(19)7-8-21-17)13-4-3-12-10-14(18)6-5-11(12)9-13/h3-10,16,20H,2H2,1H3. The Morgan fingerprint density at radius 1 is 1.05 bits per heavy atom. The molecular weight excluding hydrogens is 394 g/mol. The van der Waals surface area contributed by atoms with Gasteiger partial charge in [-0.15, -0.1) is 0 Å². The molecule has 1 unspecified atom stereocenters. The van der Waals surface area contributed by atoms with Crippen molar-refractivity contribution in [2.45, 2.75) is 13.0 Å². The molecule has 0 spiro atoms. The predicted octanol–water partition coefficient (Wildman–Crippen LogP) is 5.66. The first-order valence-electron chi connectivity index (χ1n) is 6.84. The molecule has 0 bridgehead atoms. The highest BCUT2D eigenvalue weighted by molar-refractivity contribution is 9.10. The number of fused-ring (bicyclic) bond motifs is 1. The number of hydrogen-bond acceptors (Lipinski definition) is 2.